The van der Waals surface area contributed by atoms with Crippen LogP contribution in [0.5, 0.6) is 11.5 Å². The van der Waals surface area contributed by atoms with E-state index in [0.717, 1.165) is 22.8 Å². The second-order valence-electron chi connectivity index (χ2n) is 6.06. The Balaban J connectivity index is 1.46. The monoisotopic (exact) mass is 440 g/mol. The van der Waals surface area contributed by atoms with E-state index in [2.05, 4.69) is 10.3 Å². The SMILES string of the molecule is O=C(Nc1nc(-c2ccc(Oc3ccccc3)cc2)cs1)c1cc(Cl)ccc1Cl. The molecular formula is C22H14Cl2N2O2S. The van der Waals surface area contributed by atoms with Crippen molar-refractivity contribution in [3.05, 3.63) is 93.8 Å². The maximum Gasteiger partial charge on any atom is 0.259 e. The minimum atomic E-state index is -0.356. The molecule has 0 atom stereocenters. The summed E-state index contributed by atoms with van der Waals surface area (Å²) in [6.45, 7) is 0. The number of halogens is 2. The van der Waals surface area contributed by atoms with Crippen LogP contribution >= 0.6 is 34.5 Å². The second kappa shape index (κ2) is 8.66. The summed E-state index contributed by atoms with van der Waals surface area (Å²) in [7, 11) is 0. The normalized spacial score (nSPS) is 10.6. The third-order valence-electron chi connectivity index (χ3n) is 4.03. The van der Waals surface area contributed by atoms with Gasteiger partial charge in [-0.1, -0.05) is 41.4 Å². The van der Waals surface area contributed by atoms with Gasteiger partial charge in [-0.05, 0) is 54.6 Å². The number of rotatable bonds is 5. The summed E-state index contributed by atoms with van der Waals surface area (Å²) in [5.74, 6) is 1.16. The Morgan fingerprint density at radius 1 is 0.931 bits per heavy atom. The number of anilines is 1. The largest absolute Gasteiger partial charge is 0.457 e. The molecular weight excluding hydrogens is 427 g/mol. The second-order valence-corrected chi connectivity index (χ2v) is 7.76. The van der Waals surface area contributed by atoms with E-state index in [1.165, 1.54) is 17.4 Å². The number of para-hydroxylation sites is 1. The molecule has 0 spiro atoms. The van der Waals surface area contributed by atoms with Crippen molar-refractivity contribution in [1.29, 1.82) is 0 Å². The van der Waals surface area contributed by atoms with Crippen molar-refractivity contribution < 1.29 is 9.53 Å². The van der Waals surface area contributed by atoms with Crippen LogP contribution in [0.2, 0.25) is 10.0 Å². The van der Waals surface area contributed by atoms with Crippen molar-refractivity contribution >= 4 is 45.6 Å². The highest BCUT2D eigenvalue weighted by atomic mass is 35.5. The van der Waals surface area contributed by atoms with E-state index >= 15 is 0 Å². The van der Waals surface area contributed by atoms with Crippen LogP contribution in [0.25, 0.3) is 11.3 Å². The van der Waals surface area contributed by atoms with Crippen LogP contribution in [-0.2, 0) is 0 Å². The van der Waals surface area contributed by atoms with Gasteiger partial charge in [-0.15, -0.1) is 11.3 Å². The number of carbonyl (C=O) groups excluding carboxylic acids is 1. The summed E-state index contributed by atoms with van der Waals surface area (Å²) in [5.41, 5.74) is 1.98. The first kappa shape index (κ1) is 19.5. The smallest absolute Gasteiger partial charge is 0.259 e. The summed E-state index contributed by atoms with van der Waals surface area (Å²) in [6, 6.07) is 21.9. The molecule has 0 saturated heterocycles. The van der Waals surface area contributed by atoms with Gasteiger partial charge in [0.25, 0.3) is 5.91 Å². The van der Waals surface area contributed by atoms with Gasteiger partial charge < -0.3 is 4.74 Å². The van der Waals surface area contributed by atoms with E-state index in [4.69, 9.17) is 27.9 Å². The van der Waals surface area contributed by atoms with E-state index in [0.29, 0.717) is 20.7 Å². The number of ether oxygens (including phenoxy) is 1. The van der Waals surface area contributed by atoms with Gasteiger partial charge in [-0.3, -0.25) is 10.1 Å². The summed E-state index contributed by atoms with van der Waals surface area (Å²) in [5, 5.41) is 5.89. The molecule has 4 nitrogen and oxygen atoms in total. The molecule has 0 fully saturated rings. The first-order valence-corrected chi connectivity index (χ1v) is 10.3. The maximum absolute atomic E-state index is 12.4. The molecule has 0 bridgehead atoms. The molecule has 4 rings (SSSR count). The van der Waals surface area contributed by atoms with Gasteiger partial charge in [0.1, 0.15) is 11.5 Å². The van der Waals surface area contributed by atoms with Gasteiger partial charge in [0, 0.05) is 16.0 Å². The Labute approximate surface area is 181 Å². The van der Waals surface area contributed by atoms with Crippen LogP contribution in [0.4, 0.5) is 5.13 Å². The number of carbonyl (C=O) groups is 1. The third-order valence-corrected chi connectivity index (χ3v) is 5.35. The lowest BCUT2D eigenvalue weighted by molar-refractivity contribution is 0.102. The lowest BCUT2D eigenvalue weighted by atomic mass is 10.2. The Kier molecular flexibility index (Phi) is 5.81. The highest BCUT2D eigenvalue weighted by Crippen LogP contribution is 2.29. The quantitative estimate of drug-likeness (QED) is 0.358. The Bertz CT molecular complexity index is 1150. The van der Waals surface area contributed by atoms with Gasteiger partial charge in [-0.25, -0.2) is 4.98 Å². The zero-order chi connectivity index (χ0) is 20.2. The first-order chi connectivity index (χ1) is 14.1. The van der Waals surface area contributed by atoms with Gasteiger partial charge in [-0.2, -0.15) is 0 Å². The lowest BCUT2D eigenvalue weighted by Gasteiger charge is -2.06. The number of hydrogen-bond donors (Lipinski definition) is 1. The Morgan fingerprint density at radius 3 is 2.41 bits per heavy atom. The summed E-state index contributed by atoms with van der Waals surface area (Å²) in [4.78, 5) is 16.9. The van der Waals surface area contributed by atoms with Crippen LogP contribution in [0.3, 0.4) is 0 Å². The molecule has 7 heteroatoms. The van der Waals surface area contributed by atoms with E-state index in [-0.39, 0.29) is 5.91 Å². The standard InChI is InChI=1S/C22H14Cl2N2O2S/c23-15-8-11-19(24)18(12-15)21(27)26-22-25-20(13-29-22)14-6-9-17(10-7-14)28-16-4-2-1-3-5-16/h1-13H,(H,25,26,27). The highest BCUT2D eigenvalue weighted by molar-refractivity contribution is 7.14. The fourth-order valence-electron chi connectivity index (χ4n) is 2.62. The number of benzene rings is 3. The number of amides is 1. The van der Waals surface area contributed by atoms with Gasteiger partial charge >= 0.3 is 0 Å². The first-order valence-electron chi connectivity index (χ1n) is 8.64. The van der Waals surface area contributed by atoms with Gasteiger partial charge in [0.15, 0.2) is 5.13 Å². The average Bonchev–Trinajstić information content (AvgIpc) is 3.19. The molecule has 1 N–H and O–H groups in total. The summed E-state index contributed by atoms with van der Waals surface area (Å²) >= 11 is 13.4. The van der Waals surface area contributed by atoms with Crippen LogP contribution in [-0.4, -0.2) is 10.9 Å². The Hall–Kier alpha value is -2.86. The van der Waals surface area contributed by atoms with Gasteiger partial charge in [0.2, 0.25) is 0 Å². The van der Waals surface area contributed by atoms with Crippen molar-refractivity contribution in [3.63, 3.8) is 0 Å². The van der Waals surface area contributed by atoms with Crippen molar-refractivity contribution in [2.45, 2.75) is 0 Å². The van der Waals surface area contributed by atoms with E-state index in [1.54, 1.807) is 12.1 Å². The van der Waals surface area contributed by atoms with Crippen LogP contribution < -0.4 is 10.1 Å². The van der Waals surface area contributed by atoms with Crippen molar-refractivity contribution in [2.75, 3.05) is 5.32 Å². The molecule has 0 aliphatic carbocycles. The topological polar surface area (TPSA) is 51.2 Å². The minimum absolute atomic E-state index is 0.304. The Morgan fingerprint density at radius 2 is 1.66 bits per heavy atom. The number of nitrogens with one attached hydrogen (secondary N) is 1. The predicted octanol–water partition coefficient (Wildman–Crippen LogP) is 7.16. The fourth-order valence-corrected chi connectivity index (χ4v) is 3.71. The molecule has 1 heterocycles. The van der Waals surface area contributed by atoms with E-state index in [9.17, 15) is 4.79 Å². The van der Waals surface area contributed by atoms with E-state index < -0.39 is 0 Å². The molecule has 4 aromatic rings. The summed E-state index contributed by atoms with van der Waals surface area (Å²) < 4.78 is 5.80. The van der Waals surface area contributed by atoms with Crippen LogP contribution in [0.15, 0.2) is 78.2 Å². The molecule has 3 aromatic carbocycles. The molecule has 1 aromatic heterocycles. The maximum atomic E-state index is 12.4. The lowest BCUT2D eigenvalue weighted by Crippen LogP contribution is -2.12. The van der Waals surface area contributed by atoms with Crippen LogP contribution in [0, 0.1) is 0 Å². The predicted molar refractivity (Wildman–Crippen MR) is 118 cm³/mol. The molecule has 0 saturated carbocycles. The molecule has 0 aliphatic heterocycles. The molecule has 0 unspecified atom stereocenters. The highest BCUT2D eigenvalue weighted by Gasteiger charge is 2.14. The van der Waals surface area contributed by atoms with E-state index in [1.807, 2.05) is 60.0 Å². The molecule has 144 valence electrons. The van der Waals surface area contributed by atoms with Crippen molar-refractivity contribution in [1.82, 2.24) is 4.98 Å². The number of hydrogen-bond acceptors (Lipinski definition) is 4. The minimum Gasteiger partial charge on any atom is -0.457 e. The number of thiazole rings is 1. The number of aromatic nitrogens is 1. The van der Waals surface area contributed by atoms with Crippen molar-refractivity contribution in [2.24, 2.45) is 0 Å². The zero-order valence-corrected chi connectivity index (χ0v) is 17.3. The molecule has 0 aliphatic rings. The molecule has 1 amide bonds. The van der Waals surface area contributed by atoms with Crippen LogP contribution in [0.1, 0.15) is 10.4 Å². The fraction of sp³-hybridized carbons (Fsp3) is 0. The summed E-state index contributed by atoms with van der Waals surface area (Å²) in [6.07, 6.45) is 0. The van der Waals surface area contributed by atoms with Crippen molar-refractivity contribution in [3.8, 4) is 22.8 Å². The molecule has 0 radical (unpaired) electrons. The van der Waals surface area contributed by atoms with Gasteiger partial charge in [0.05, 0.1) is 16.3 Å². The third kappa shape index (κ3) is 4.77. The average molecular weight is 441 g/mol. The molecule has 29 heavy (non-hydrogen) atoms. The zero-order valence-electron chi connectivity index (χ0n) is 14.9. The number of nitrogens with zero attached hydrogens (tertiary/aromatic N) is 1.